The topological polar surface area (TPSA) is 49.9 Å². The van der Waals surface area contributed by atoms with Crippen molar-refractivity contribution in [3.63, 3.8) is 0 Å². The van der Waals surface area contributed by atoms with Gasteiger partial charge < -0.3 is 14.5 Å². The van der Waals surface area contributed by atoms with Gasteiger partial charge in [0.25, 0.3) is 5.91 Å². The molecule has 2 saturated carbocycles. The first kappa shape index (κ1) is 22.2. The number of unbranched alkanes of at least 4 members (excludes halogenated alkanes) is 1. The lowest BCUT2D eigenvalue weighted by molar-refractivity contribution is -0.162. The van der Waals surface area contributed by atoms with Gasteiger partial charge >= 0.3 is 0 Å². The number of rotatable bonds is 7. The van der Waals surface area contributed by atoms with Crippen LogP contribution in [0.25, 0.3) is 0 Å². The quantitative estimate of drug-likeness (QED) is 0.560. The minimum Gasteiger partial charge on any atom is -0.494 e. The van der Waals surface area contributed by atoms with Crippen molar-refractivity contribution in [1.29, 1.82) is 0 Å². The summed E-state index contributed by atoms with van der Waals surface area (Å²) in [4.78, 5) is 31.1. The number of carbonyl (C=O) groups is 2. The van der Waals surface area contributed by atoms with Crippen molar-refractivity contribution in [3.8, 4) is 5.75 Å². The normalized spacial score (nSPS) is 24.0. The maximum Gasteiger partial charge on any atom is 0.250 e. The van der Waals surface area contributed by atoms with Crippen LogP contribution in [-0.4, -0.2) is 46.8 Å². The van der Waals surface area contributed by atoms with Crippen LogP contribution < -0.4 is 4.74 Å². The second-order valence-corrected chi connectivity index (χ2v) is 9.52. The summed E-state index contributed by atoms with van der Waals surface area (Å²) in [6.45, 7) is 3.12. The third kappa shape index (κ3) is 5.07. The first-order valence-corrected chi connectivity index (χ1v) is 12.5. The number of hydrogen-bond acceptors (Lipinski definition) is 3. The summed E-state index contributed by atoms with van der Waals surface area (Å²) in [7, 11) is 0. The Morgan fingerprint density at radius 1 is 0.871 bits per heavy atom. The van der Waals surface area contributed by atoms with E-state index in [9.17, 15) is 9.59 Å². The van der Waals surface area contributed by atoms with Crippen LogP contribution in [0.3, 0.4) is 0 Å². The van der Waals surface area contributed by atoms with Crippen molar-refractivity contribution >= 4 is 11.8 Å². The Morgan fingerprint density at radius 2 is 1.48 bits per heavy atom. The minimum absolute atomic E-state index is 0.122. The SMILES string of the molecule is CCCCOc1ccc([C@@H]2C(=O)N(C3CCCCC3)CC(=O)N2C2CCCCC2)cc1. The highest BCUT2D eigenvalue weighted by atomic mass is 16.5. The van der Waals surface area contributed by atoms with Crippen molar-refractivity contribution in [2.24, 2.45) is 0 Å². The fraction of sp³-hybridized carbons (Fsp3) is 0.692. The van der Waals surface area contributed by atoms with Crippen LogP contribution in [-0.2, 0) is 9.59 Å². The van der Waals surface area contributed by atoms with E-state index in [0.29, 0.717) is 6.61 Å². The molecule has 170 valence electrons. The molecule has 1 heterocycles. The zero-order valence-electron chi connectivity index (χ0n) is 19.1. The summed E-state index contributed by atoms with van der Waals surface area (Å²) in [5.41, 5.74) is 0.923. The molecule has 0 aromatic heterocycles. The Bertz CT molecular complexity index is 736. The smallest absolute Gasteiger partial charge is 0.250 e. The number of amides is 2. The Morgan fingerprint density at radius 3 is 2.10 bits per heavy atom. The van der Waals surface area contributed by atoms with Gasteiger partial charge in [-0.2, -0.15) is 0 Å². The van der Waals surface area contributed by atoms with Gasteiger partial charge in [-0.05, 0) is 49.8 Å². The second-order valence-electron chi connectivity index (χ2n) is 9.52. The number of nitrogens with zero attached hydrogens (tertiary/aromatic N) is 2. The maximum atomic E-state index is 13.8. The zero-order chi connectivity index (χ0) is 21.6. The maximum absolute atomic E-state index is 13.8. The van der Waals surface area contributed by atoms with Gasteiger partial charge in [-0.3, -0.25) is 9.59 Å². The number of benzene rings is 1. The van der Waals surface area contributed by atoms with E-state index in [1.807, 2.05) is 34.1 Å². The summed E-state index contributed by atoms with van der Waals surface area (Å²) in [5, 5.41) is 0. The Labute approximate surface area is 187 Å². The van der Waals surface area contributed by atoms with Crippen LogP contribution >= 0.6 is 0 Å². The Kier molecular flexibility index (Phi) is 7.52. The summed E-state index contributed by atoms with van der Waals surface area (Å²) >= 11 is 0. The van der Waals surface area contributed by atoms with E-state index >= 15 is 0 Å². The number of ether oxygens (including phenoxy) is 1. The Balaban J connectivity index is 1.59. The first-order chi connectivity index (χ1) is 15.2. The average molecular weight is 427 g/mol. The molecule has 0 N–H and O–H groups in total. The lowest BCUT2D eigenvalue weighted by Gasteiger charge is -2.48. The molecule has 1 aliphatic heterocycles. The molecule has 3 fully saturated rings. The van der Waals surface area contributed by atoms with E-state index in [-0.39, 0.29) is 30.4 Å². The highest BCUT2D eigenvalue weighted by molar-refractivity contribution is 5.96. The molecule has 0 unspecified atom stereocenters. The highest BCUT2D eigenvalue weighted by Gasteiger charge is 2.45. The van der Waals surface area contributed by atoms with Crippen molar-refractivity contribution in [1.82, 2.24) is 9.80 Å². The standard InChI is InChI=1S/C26H38N2O3/c1-2-3-18-31-23-16-14-20(15-17-23)25-26(30)27(21-10-6-4-7-11-21)19-24(29)28(25)22-12-8-5-9-13-22/h14-17,21-22,25H,2-13,18-19H2,1H3/t25-/m1/s1. The molecule has 1 aromatic carbocycles. The van der Waals surface area contributed by atoms with E-state index in [4.69, 9.17) is 4.74 Å². The molecule has 0 bridgehead atoms. The lowest BCUT2D eigenvalue weighted by Crippen LogP contribution is -2.61. The molecular formula is C26H38N2O3. The molecule has 0 spiro atoms. The molecule has 4 rings (SSSR count). The first-order valence-electron chi connectivity index (χ1n) is 12.5. The van der Waals surface area contributed by atoms with Crippen LogP contribution in [0.2, 0.25) is 0 Å². The summed E-state index contributed by atoms with van der Waals surface area (Å²) in [6.07, 6.45) is 13.3. The van der Waals surface area contributed by atoms with Gasteiger partial charge in [0.05, 0.1) is 6.61 Å². The summed E-state index contributed by atoms with van der Waals surface area (Å²) in [5.74, 6) is 1.09. The highest BCUT2D eigenvalue weighted by Crippen LogP contribution is 2.37. The van der Waals surface area contributed by atoms with Gasteiger partial charge in [-0.15, -0.1) is 0 Å². The zero-order valence-corrected chi connectivity index (χ0v) is 19.1. The average Bonchev–Trinajstić information content (AvgIpc) is 2.82. The molecule has 2 aliphatic carbocycles. The van der Waals surface area contributed by atoms with Crippen molar-refractivity contribution in [2.75, 3.05) is 13.2 Å². The number of piperazine rings is 1. The van der Waals surface area contributed by atoms with Crippen molar-refractivity contribution in [2.45, 2.75) is 102 Å². The van der Waals surface area contributed by atoms with Gasteiger partial charge in [0.2, 0.25) is 5.91 Å². The molecule has 31 heavy (non-hydrogen) atoms. The lowest BCUT2D eigenvalue weighted by atomic mass is 9.88. The monoisotopic (exact) mass is 426 g/mol. The molecule has 5 nitrogen and oxygen atoms in total. The van der Waals surface area contributed by atoms with E-state index in [1.54, 1.807) is 0 Å². The molecule has 5 heteroatoms. The largest absolute Gasteiger partial charge is 0.494 e. The van der Waals surface area contributed by atoms with Gasteiger partial charge in [-0.1, -0.05) is 64.0 Å². The van der Waals surface area contributed by atoms with E-state index < -0.39 is 6.04 Å². The van der Waals surface area contributed by atoms with Gasteiger partial charge in [0.1, 0.15) is 18.3 Å². The molecule has 0 radical (unpaired) electrons. The van der Waals surface area contributed by atoms with Crippen LogP contribution in [0.5, 0.6) is 5.75 Å². The molecule has 1 saturated heterocycles. The van der Waals surface area contributed by atoms with Gasteiger partial charge in [0, 0.05) is 12.1 Å². The van der Waals surface area contributed by atoms with E-state index in [2.05, 4.69) is 6.92 Å². The molecule has 3 aliphatic rings. The predicted octanol–water partition coefficient (Wildman–Crippen LogP) is 5.24. The van der Waals surface area contributed by atoms with Gasteiger partial charge in [-0.25, -0.2) is 0 Å². The fourth-order valence-electron chi connectivity index (χ4n) is 5.58. The molecule has 1 atom stereocenters. The molecule has 1 aromatic rings. The second kappa shape index (κ2) is 10.5. The molecular weight excluding hydrogens is 388 g/mol. The molecule has 2 amide bonds. The van der Waals surface area contributed by atoms with Crippen LogP contribution in [0.1, 0.15) is 95.6 Å². The van der Waals surface area contributed by atoms with Crippen LogP contribution in [0, 0.1) is 0 Å². The van der Waals surface area contributed by atoms with Gasteiger partial charge in [0.15, 0.2) is 0 Å². The van der Waals surface area contributed by atoms with Crippen molar-refractivity contribution < 1.29 is 14.3 Å². The summed E-state index contributed by atoms with van der Waals surface area (Å²) < 4.78 is 5.82. The van der Waals surface area contributed by atoms with E-state index in [0.717, 1.165) is 75.5 Å². The number of hydrogen-bond donors (Lipinski definition) is 0. The number of carbonyl (C=O) groups excluding carboxylic acids is 2. The Hall–Kier alpha value is -2.04. The minimum atomic E-state index is -0.490. The predicted molar refractivity (Wildman–Crippen MR) is 122 cm³/mol. The summed E-state index contributed by atoms with van der Waals surface area (Å²) in [6, 6.07) is 7.83. The third-order valence-electron chi connectivity index (χ3n) is 7.33. The van der Waals surface area contributed by atoms with Crippen molar-refractivity contribution in [3.05, 3.63) is 29.8 Å². The van der Waals surface area contributed by atoms with Crippen LogP contribution in [0.15, 0.2) is 24.3 Å². The fourth-order valence-corrected chi connectivity index (χ4v) is 5.58. The van der Waals surface area contributed by atoms with E-state index in [1.165, 1.54) is 12.8 Å². The van der Waals surface area contributed by atoms with Crippen LogP contribution in [0.4, 0.5) is 0 Å². The third-order valence-corrected chi connectivity index (χ3v) is 7.33.